The molecular weight excluding hydrogens is 220 g/mol. The fourth-order valence-electron chi connectivity index (χ4n) is 2.09. The Morgan fingerprint density at radius 3 is 2.61 bits per heavy atom. The molecule has 2 nitrogen and oxygen atoms in total. The highest BCUT2D eigenvalue weighted by molar-refractivity contribution is 5.96. The fourth-order valence-corrected chi connectivity index (χ4v) is 2.09. The number of rotatable bonds is 3. The highest BCUT2D eigenvalue weighted by Crippen LogP contribution is 2.25. The molecule has 2 aromatic carbocycles. The number of fused-ring (bicyclic) bond motifs is 1. The minimum atomic E-state index is 0.684. The zero-order valence-electron chi connectivity index (χ0n) is 10.1. The molecule has 0 atom stereocenters. The minimum Gasteiger partial charge on any atom is -0.287 e. The largest absolute Gasteiger partial charge is 0.287 e. The molecule has 0 spiro atoms. The molecule has 0 amide bonds. The van der Waals surface area contributed by atoms with Crippen molar-refractivity contribution in [3.8, 4) is 0 Å². The Kier molecular flexibility index (Phi) is 3.01. The van der Waals surface area contributed by atoms with Gasteiger partial charge in [0.05, 0.1) is 12.2 Å². The number of para-hydroxylation sites is 1. The molecule has 1 heterocycles. The number of hydrogen-bond acceptors (Lipinski definition) is 2. The predicted octanol–water partition coefficient (Wildman–Crippen LogP) is 3.43. The predicted molar refractivity (Wildman–Crippen MR) is 76.1 cm³/mol. The van der Waals surface area contributed by atoms with E-state index in [1.54, 1.807) is 0 Å². The van der Waals surface area contributed by atoms with E-state index in [0.29, 0.717) is 6.54 Å². The first-order chi connectivity index (χ1) is 8.92. The summed E-state index contributed by atoms with van der Waals surface area (Å²) in [6.45, 7) is 0.684. The lowest BCUT2D eigenvalue weighted by molar-refractivity contribution is 1.25. The molecule has 2 heteroatoms. The third-order valence-electron chi connectivity index (χ3n) is 2.98. The van der Waals surface area contributed by atoms with Gasteiger partial charge < -0.3 is 0 Å². The van der Waals surface area contributed by atoms with Crippen LogP contribution < -0.4 is 0 Å². The van der Waals surface area contributed by atoms with Crippen LogP contribution in [0.4, 0.5) is 5.69 Å². The SMILES string of the molecule is C(=NCC1=Nc2ccccc2C1)c1ccccc1. The summed E-state index contributed by atoms with van der Waals surface area (Å²) in [4.78, 5) is 9.04. The van der Waals surface area contributed by atoms with Crippen LogP contribution in [0.1, 0.15) is 11.1 Å². The van der Waals surface area contributed by atoms with Crippen LogP contribution >= 0.6 is 0 Å². The van der Waals surface area contributed by atoms with Crippen molar-refractivity contribution in [3.63, 3.8) is 0 Å². The lowest BCUT2D eigenvalue weighted by Gasteiger charge is -1.94. The van der Waals surface area contributed by atoms with E-state index >= 15 is 0 Å². The van der Waals surface area contributed by atoms with Gasteiger partial charge in [-0.05, 0) is 17.2 Å². The van der Waals surface area contributed by atoms with Crippen LogP contribution in [0, 0.1) is 0 Å². The molecular formula is C16H14N2. The lowest BCUT2D eigenvalue weighted by Crippen LogP contribution is -2.02. The molecule has 0 saturated heterocycles. The second kappa shape index (κ2) is 4.96. The standard InChI is InChI=1S/C16H14N2/c1-2-6-13(7-3-1)11-17-12-15-10-14-8-4-5-9-16(14)18-15/h1-9,11H,10,12H2. The molecule has 2 aromatic rings. The van der Waals surface area contributed by atoms with Crippen molar-refractivity contribution in [2.45, 2.75) is 6.42 Å². The Labute approximate surface area is 107 Å². The van der Waals surface area contributed by atoms with Gasteiger partial charge in [0.2, 0.25) is 0 Å². The second-order valence-electron chi connectivity index (χ2n) is 4.36. The van der Waals surface area contributed by atoms with Crippen molar-refractivity contribution < 1.29 is 0 Å². The van der Waals surface area contributed by atoms with Crippen molar-refractivity contribution in [3.05, 3.63) is 65.7 Å². The highest BCUT2D eigenvalue weighted by Gasteiger charge is 2.12. The first-order valence-corrected chi connectivity index (χ1v) is 6.11. The van der Waals surface area contributed by atoms with Gasteiger partial charge in [0, 0.05) is 18.3 Å². The number of hydrogen-bond donors (Lipinski definition) is 0. The second-order valence-corrected chi connectivity index (χ2v) is 4.36. The quantitative estimate of drug-likeness (QED) is 0.727. The number of nitrogens with zero attached hydrogens (tertiary/aromatic N) is 2. The molecule has 0 aliphatic carbocycles. The Morgan fingerprint density at radius 2 is 1.78 bits per heavy atom. The van der Waals surface area contributed by atoms with E-state index in [4.69, 9.17) is 0 Å². The van der Waals surface area contributed by atoms with Crippen LogP contribution in [-0.4, -0.2) is 18.5 Å². The Hall–Kier alpha value is -2.22. The molecule has 1 aliphatic rings. The normalized spacial score (nSPS) is 13.7. The smallest absolute Gasteiger partial charge is 0.0776 e. The third-order valence-corrected chi connectivity index (χ3v) is 2.98. The summed E-state index contributed by atoms with van der Waals surface area (Å²) in [5.74, 6) is 0. The molecule has 0 fully saturated rings. The first kappa shape index (κ1) is 10.9. The van der Waals surface area contributed by atoms with Gasteiger partial charge in [-0.15, -0.1) is 0 Å². The topological polar surface area (TPSA) is 24.7 Å². The fraction of sp³-hybridized carbons (Fsp3) is 0.125. The van der Waals surface area contributed by atoms with Crippen molar-refractivity contribution >= 4 is 17.6 Å². The molecule has 3 rings (SSSR count). The maximum absolute atomic E-state index is 4.59. The van der Waals surface area contributed by atoms with Crippen molar-refractivity contribution in [2.75, 3.05) is 6.54 Å². The molecule has 88 valence electrons. The zero-order chi connectivity index (χ0) is 12.2. The van der Waals surface area contributed by atoms with Crippen LogP contribution in [0.25, 0.3) is 0 Å². The van der Waals surface area contributed by atoms with E-state index in [0.717, 1.165) is 23.4 Å². The van der Waals surface area contributed by atoms with Crippen molar-refractivity contribution in [1.82, 2.24) is 0 Å². The highest BCUT2D eigenvalue weighted by atomic mass is 14.8. The molecule has 0 bridgehead atoms. The molecule has 0 radical (unpaired) electrons. The van der Waals surface area contributed by atoms with E-state index < -0.39 is 0 Å². The lowest BCUT2D eigenvalue weighted by atomic mass is 10.1. The summed E-state index contributed by atoms with van der Waals surface area (Å²) in [6, 6.07) is 18.4. The summed E-state index contributed by atoms with van der Waals surface area (Å²) >= 11 is 0. The minimum absolute atomic E-state index is 0.684. The van der Waals surface area contributed by atoms with Crippen LogP contribution in [0.3, 0.4) is 0 Å². The van der Waals surface area contributed by atoms with Crippen LogP contribution in [0.5, 0.6) is 0 Å². The zero-order valence-corrected chi connectivity index (χ0v) is 10.1. The van der Waals surface area contributed by atoms with Crippen LogP contribution in [0.15, 0.2) is 64.6 Å². The molecule has 0 aromatic heterocycles. The summed E-state index contributed by atoms with van der Waals surface area (Å²) in [5, 5.41) is 0. The maximum Gasteiger partial charge on any atom is 0.0776 e. The summed E-state index contributed by atoms with van der Waals surface area (Å²) in [5.41, 5.74) is 4.68. The van der Waals surface area contributed by atoms with E-state index in [2.05, 4.69) is 40.3 Å². The molecule has 1 aliphatic heterocycles. The maximum atomic E-state index is 4.59. The molecule has 18 heavy (non-hydrogen) atoms. The van der Waals surface area contributed by atoms with Crippen LogP contribution in [-0.2, 0) is 6.42 Å². The monoisotopic (exact) mass is 234 g/mol. The van der Waals surface area contributed by atoms with Gasteiger partial charge in [-0.3, -0.25) is 9.98 Å². The van der Waals surface area contributed by atoms with Crippen molar-refractivity contribution in [2.24, 2.45) is 9.98 Å². The van der Waals surface area contributed by atoms with E-state index in [9.17, 15) is 0 Å². The Morgan fingerprint density at radius 1 is 1.00 bits per heavy atom. The van der Waals surface area contributed by atoms with Gasteiger partial charge in [0.15, 0.2) is 0 Å². The van der Waals surface area contributed by atoms with E-state index in [-0.39, 0.29) is 0 Å². The van der Waals surface area contributed by atoms with Gasteiger partial charge in [-0.1, -0.05) is 48.5 Å². The average molecular weight is 234 g/mol. The molecule has 0 unspecified atom stereocenters. The average Bonchev–Trinajstić information content (AvgIpc) is 2.82. The summed E-state index contributed by atoms with van der Waals surface area (Å²) in [6.07, 6.45) is 2.84. The Balaban J connectivity index is 1.65. The third kappa shape index (κ3) is 2.38. The summed E-state index contributed by atoms with van der Waals surface area (Å²) in [7, 11) is 0. The van der Waals surface area contributed by atoms with Gasteiger partial charge in [0.25, 0.3) is 0 Å². The van der Waals surface area contributed by atoms with E-state index in [1.165, 1.54) is 5.56 Å². The van der Waals surface area contributed by atoms with Crippen molar-refractivity contribution in [1.29, 1.82) is 0 Å². The van der Waals surface area contributed by atoms with Gasteiger partial charge in [0.1, 0.15) is 0 Å². The number of aliphatic imine (C=N–C) groups is 2. The van der Waals surface area contributed by atoms with Crippen LogP contribution in [0.2, 0.25) is 0 Å². The van der Waals surface area contributed by atoms with Gasteiger partial charge in [-0.2, -0.15) is 0 Å². The molecule has 0 N–H and O–H groups in total. The number of benzene rings is 2. The Bertz CT molecular complexity index is 598. The van der Waals surface area contributed by atoms with Gasteiger partial charge >= 0.3 is 0 Å². The summed E-state index contributed by atoms with van der Waals surface area (Å²) < 4.78 is 0. The first-order valence-electron chi connectivity index (χ1n) is 6.11. The molecule has 0 saturated carbocycles. The van der Waals surface area contributed by atoms with Gasteiger partial charge in [-0.25, -0.2) is 0 Å². The van der Waals surface area contributed by atoms with E-state index in [1.807, 2.05) is 30.5 Å².